The van der Waals surface area contributed by atoms with Crippen molar-refractivity contribution in [2.75, 3.05) is 27.2 Å². The van der Waals surface area contributed by atoms with Crippen LogP contribution in [0.3, 0.4) is 0 Å². The molecular weight excluding hydrogens is 304 g/mol. The number of ether oxygens (including phenoxy) is 2. The number of carbonyl (C=O) groups excluding carboxylic acids is 1. The molecule has 0 amide bonds. The van der Waals surface area contributed by atoms with Gasteiger partial charge in [0, 0.05) is 13.1 Å². The summed E-state index contributed by atoms with van der Waals surface area (Å²) in [6, 6.07) is 5.97. The number of methoxy groups -OCH3 is 1. The molecule has 0 N–H and O–H groups in total. The second-order valence-electron chi connectivity index (χ2n) is 6.93. The van der Waals surface area contributed by atoms with Gasteiger partial charge in [-0.1, -0.05) is 18.9 Å². The van der Waals surface area contributed by atoms with Crippen molar-refractivity contribution in [1.29, 1.82) is 0 Å². The van der Waals surface area contributed by atoms with E-state index in [9.17, 15) is 4.79 Å². The largest absolute Gasteiger partial charge is 0.493 e. The SMILES string of the molecule is COc1cc(C2(N=C=O)CCCC2)ccc1OC1CCN(C)CC1. The molecule has 0 atom stereocenters. The standard InChI is InChI=1S/C19H26N2O3/c1-21-11-7-16(8-12-21)24-17-6-5-15(13-18(17)23-2)19(20-14-22)9-3-4-10-19/h5-6,13,16H,3-4,7-12H2,1-2H3. The summed E-state index contributed by atoms with van der Waals surface area (Å²) in [7, 11) is 3.80. The Balaban J connectivity index is 1.81. The van der Waals surface area contributed by atoms with Gasteiger partial charge in [0.2, 0.25) is 6.08 Å². The third-order valence-electron chi connectivity index (χ3n) is 5.35. The molecule has 1 saturated heterocycles. The van der Waals surface area contributed by atoms with E-state index in [1.54, 1.807) is 13.2 Å². The number of rotatable bonds is 5. The molecule has 1 aromatic rings. The predicted octanol–water partition coefficient (Wildman–Crippen LogP) is 3.27. The van der Waals surface area contributed by atoms with Gasteiger partial charge in [0.05, 0.1) is 12.6 Å². The van der Waals surface area contributed by atoms with E-state index in [2.05, 4.69) is 16.9 Å². The van der Waals surface area contributed by atoms with Crippen LogP contribution in [0.2, 0.25) is 0 Å². The topological polar surface area (TPSA) is 51.1 Å². The first-order valence-corrected chi connectivity index (χ1v) is 8.79. The van der Waals surface area contributed by atoms with Crippen LogP contribution in [0.5, 0.6) is 11.5 Å². The van der Waals surface area contributed by atoms with E-state index >= 15 is 0 Å². The number of isocyanates is 1. The first kappa shape index (κ1) is 17.0. The normalized spacial score (nSPS) is 21.2. The zero-order valence-electron chi connectivity index (χ0n) is 14.6. The molecule has 1 heterocycles. The van der Waals surface area contributed by atoms with Crippen molar-refractivity contribution in [3.05, 3.63) is 23.8 Å². The van der Waals surface area contributed by atoms with Gasteiger partial charge in [-0.15, -0.1) is 0 Å². The Morgan fingerprint density at radius 3 is 2.54 bits per heavy atom. The van der Waals surface area contributed by atoms with Gasteiger partial charge in [-0.05, 0) is 50.4 Å². The summed E-state index contributed by atoms with van der Waals surface area (Å²) in [4.78, 5) is 17.4. The lowest BCUT2D eigenvalue weighted by molar-refractivity contribution is 0.111. The van der Waals surface area contributed by atoms with E-state index in [-0.39, 0.29) is 6.10 Å². The van der Waals surface area contributed by atoms with Crippen LogP contribution in [0.1, 0.15) is 44.1 Å². The monoisotopic (exact) mass is 330 g/mol. The maximum atomic E-state index is 10.9. The minimum atomic E-state index is -0.429. The third-order valence-corrected chi connectivity index (χ3v) is 5.35. The van der Waals surface area contributed by atoms with E-state index in [4.69, 9.17) is 9.47 Å². The number of hydrogen-bond donors (Lipinski definition) is 0. The average molecular weight is 330 g/mol. The number of benzene rings is 1. The molecule has 5 nitrogen and oxygen atoms in total. The highest BCUT2D eigenvalue weighted by Crippen LogP contribution is 2.44. The highest BCUT2D eigenvalue weighted by atomic mass is 16.5. The van der Waals surface area contributed by atoms with Gasteiger partial charge in [-0.3, -0.25) is 0 Å². The number of piperidine rings is 1. The van der Waals surface area contributed by atoms with E-state index in [1.807, 2.05) is 18.2 Å². The van der Waals surface area contributed by atoms with Crippen LogP contribution in [-0.4, -0.2) is 44.3 Å². The first-order chi connectivity index (χ1) is 11.7. The molecule has 0 aromatic heterocycles. The first-order valence-electron chi connectivity index (χ1n) is 8.79. The number of likely N-dealkylation sites (tertiary alicyclic amines) is 1. The van der Waals surface area contributed by atoms with Gasteiger partial charge in [0.15, 0.2) is 11.5 Å². The maximum absolute atomic E-state index is 10.9. The minimum Gasteiger partial charge on any atom is -0.493 e. The molecule has 5 heteroatoms. The molecule has 0 unspecified atom stereocenters. The molecule has 1 saturated carbocycles. The second kappa shape index (κ2) is 7.37. The van der Waals surface area contributed by atoms with Crippen LogP contribution in [0.15, 0.2) is 23.2 Å². The summed E-state index contributed by atoms with van der Waals surface area (Å²) in [6.45, 7) is 2.12. The molecule has 1 aromatic carbocycles. The summed E-state index contributed by atoms with van der Waals surface area (Å²) >= 11 is 0. The van der Waals surface area contributed by atoms with Crippen molar-refractivity contribution in [3.8, 4) is 11.5 Å². The van der Waals surface area contributed by atoms with Crippen LogP contribution in [0.4, 0.5) is 0 Å². The second-order valence-corrected chi connectivity index (χ2v) is 6.93. The fourth-order valence-electron chi connectivity index (χ4n) is 3.85. The molecule has 0 spiro atoms. The van der Waals surface area contributed by atoms with Gasteiger partial charge in [0.1, 0.15) is 6.10 Å². The van der Waals surface area contributed by atoms with Crippen LogP contribution < -0.4 is 9.47 Å². The van der Waals surface area contributed by atoms with E-state index in [0.717, 1.165) is 68.7 Å². The lowest BCUT2D eigenvalue weighted by Gasteiger charge is -2.30. The summed E-state index contributed by atoms with van der Waals surface area (Å²) in [5.41, 5.74) is 0.595. The molecular formula is C19H26N2O3. The Hall–Kier alpha value is -1.84. The Morgan fingerprint density at radius 2 is 1.92 bits per heavy atom. The predicted molar refractivity (Wildman–Crippen MR) is 92.4 cm³/mol. The molecule has 0 bridgehead atoms. The lowest BCUT2D eigenvalue weighted by atomic mass is 9.88. The van der Waals surface area contributed by atoms with Crippen molar-refractivity contribution in [3.63, 3.8) is 0 Å². The fraction of sp³-hybridized carbons (Fsp3) is 0.632. The van der Waals surface area contributed by atoms with Crippen LogP contribution in [-0.2, 0) is 10.3 Å². The number of hydrogen-bond acceptors (Lipinski definition) is 5. The van der Waals surface area contributed by atoms with Gasteiger partial charge in [0.25, 0.3) is 0 Å². The lowest BCUT2D eigenvalue weighted by Crippen LogP contribution is -2.35. The zero-order chi connectivity index (χ0) is 17.0. The molecule has 24 heavy (non-hydrogen) atoms. The van der Waals surface area contributed by atoms with Crippen molar-refractivity contribution in [1.82, 2.24) is 4.90 Å². The van der Waals surface area contributed by atoms with Crippen LogP contribution in [0.25, 0.3) is 0 Å². The summed E-state index contributed by atoms with van der Waals surface area (Å²) < 4.78 is 11.7. The number of nitrogens with zero attached hydrogens (tertiary/aromatic N) is 2. The summed E-state index contributed by atoms with van der Waals surface area (Å²) in [6.07, 6.45) is 8.01. The highest BCUT2D eigenvalue weighted by Gasteiger charge is 2.36. The van der Waals surface area contributed by atoms with Crippen LogP contribution >= 0.6 is 0 Å². The molecule has 1 aliphatic heterocycles. The van der Waals surface area contributed by atoms with Gasteiger partial charge in [-0.2, -0.15) is 4.99 Å². The van der Waals surface area contributed by atoms with E-state index < -0.39 is 5.54 Å². The Morgan fingerprint density at radius 1 is 1.21 bits per heavy atom. The van der Waals surface area contributed by atoms with Crippen molar-refractivity contribution in [2.24, 2.45) is 4.99 Å². The summed E-state index contributed by atoms with van der Waals surface area (Å²) in [5, 5.41) is 0. The molecule has 2 aliphatic rings. The van der Waals surface area contributed by atoms with Crippen molar-refractivity contribution >= 4 is 6.08 Å². The van der Waals surface area contributed by atoms with Gasteiger partial charge in [-0.25, -0.2) is 4.79 Å². The zero-order valence-corrected chi connectivity index (χ0v) is 14.6. The molecule has 130 valence electrons. The maximum Gasteiger partial charge on any atom is 0.235 e. The van der Waals surface area contributed by atoms with Crippen molar-refractivity contribution < 1.29 is 14.3 Å². The molecule has 3 rings (SSSR count). The fourth-order valence-corrected chi connectivity index (χ4v) is 3.85. The summed E-state index contributed by atoms with van der Waals surface area (Å²) in [5.74, 6) is 1.50. The molecule has 0 radical (unpaired) electrons. The van der Waals surface area contributed by atoms with Gasteiger partial charge < -0.3 is 14.4 Å². The average Bonchev–Trinajstić information content (AvgIpc) is 3.07. The van der Waals surface area contributed by atoms with Gasteiger partial charge >= 0.3 is 0 Å². The number of aliphatic imine (C=N–C) groups is 1. The van der Waals surface area contributed by atoms with E-state index in [1.165, 1.54) is 0 Å². The Bertz CT molecular complexity index is 611. The Labute approximate surface area is 143 Å². The van der Waals surface area contributed by atoms with Crippen LogP contribution in [0, 0.1) is 0 Å². The highest BCUT2D eigenvalue weighted by molar-refractivity contribution is 5.47. The van der Waals surface area contributed by atoms with E-state index in [0.29, 0.717) is 0 Å². The third kappa shape index (κ3) is 3.47. The Kier molecular flexibility index (Phi) is 5.22. The minimum absolute atomic E-state index is 0.231. The smallest absolute Gasteiger partial charge is 0.235 e. The quantitative estimate of drug-likeness (QED) is 0.614. The van der Waals surface area contributed by atoms with Crippen molar-refractivity contribution in [2.45, 2.75) is 50.2 Å². The molecule has 2 fully saturated rings. The molecule has 1 aliphatic carbocycles.